The number of aromatic amines is 1. The number of benzene rings is 1. The fourth-order valence-corrected chi connectivity index (χ4v) is 1.87. The molecule has 5 heteroatoms. The Morgan fingerprint density at radius 2 is 2.12 bits per heavy atom. The molecular weight excluding hydrogens is 232 g/mol. The van der Waals surface area contributed by atoms with Crippen molar-refractivity contribution in [1.82, 2.24) is 19.7 Å². The molecule has 0 fully saturated rings. The van der Waals surface area contributed by atoms with E-state index in [9.17, 15) is 0 Å². The Morgan fingerprint density at radius 3 is 2.76 bits per heavy atom. The van der Waals surface area contributed by atoms with Gasteiger partial charge in [-0.15, -0.1) is 0 Å². The fraction of sp³-hybridized carbons (Fsp3) is 0.333. The predicted octanol–water partition coefficient (Wildman–Crippen LogP) is 2.07. The second-order valence-corrected chi connectivity index (χ2v) is 4.46. The van der Waals surface area contributed by atoms with Crippen molar-refractivity contribution in [2.75, 3.05) is 13.6 Å². The number of likely N-dealkylation sites (N-methyl/N-ethyl adjacent to an activating group) is 1. The van der Waals surface area contributed by atoms with E-state index in [-0.39, 0.29) is 0 Å². The number of hydrogen-bond donors (Lipinski definition) is 1. The number of aromatic nitrogens is 3. The molecule has 1 aromatic carbocycles. The maximum Gasteiger partial charge on any atom is 0.194 e. The molecule has 1 heterocycles. The van der Waals surface area contributed by atoms with Gasteiger partial charge in [-0.3, -0.25) is 5.10 Å². The van der Waals surface area contributed by atoms with Gasteiger partial charge in [-0.25, -0.2) is 0 Å². The van der Waals surface area contributed by atoms with E-state index >= 15 is 0 Å². The number of nitrogens with zero attached hydrogens (tertiary/aromatic N) is 3. The smallest absolute Gasteiger partial charge is 0.194 e. The van der Waals surface area contributed by atoms with Crippen molar-refractivity contribution in [2.24, 2.45) is 0 Å². The zero-order valence-electron chi connectivity index (χ0n) is 9.84. The third-order valence-corrected chi connectivity index (χ3v) is 2.96. The highest BCUT2D eigenvalue weighted by atomic mass is 32.1. The van der Waals surface area contributed by atoms with Gasteiger partial charge in [0.1, 0.15) is 6.33 Å². The first-order valence-electron chi connectivity index (χ1n) is 5.58. The summed E-state index contributed by atoms with van der Waals surface area (Å²) in [6.07, 6.45) is 1.73. The summed E-state index contributed by atoms with van der Waals surface area (Å²) in [6.45, 7) is 2.76. The van der Waals surface area contributed by atoms with Crippen LogP contribution < -0.4 is 0 Å². The molecule has 4 nitrogen and oxygen atoms in total. The van der Waals surface area contributed by atoms with Crippen LogP contribution in [0.1, 0.15) is 5.56 Å². The molecule has 0 saturated heterocycles. The lowest BCUT2D eigenvalue weighted by Gasteiger charge is -2.16. The summed E-state index contributed by atoms with van der Waals surface area (Å²) < 4.78 is 2.62. The molecular formula is C12H16N4S. The Morgan fingerprint density at radius 1 is 1.35 bits per heavy atom. The van der Waals surface area contributed by atoms with Crippen molar-refractivity contribution >= 4 is 12.2 Å². The van der Waals surface area contributed by atoms with Gasteiger partial charge in [0.15, 0.2) is 4.77 Å². The standard InChI is InChI=1S/C12H16N4S/c1-15(9-11-5-3-2-4-6-11)7-8-16-10-13-14-12(16)17/h2-6,10H,7-9H2,1H3,(H,14,17). The first kappa shape index (κ1) is 12.0. The van der Waals surface area contributed by atoms with Gasteiger partial charge in [0, 0.05) is 19.6 Å². The second-order valence-electron chi connectivity index (χ2n) is 4.08. The van der Waals surface area contributed by atoms with Gasteiger partial charge in [-0.2, -0.15) is 5.10 Å². The van der Waals surface area contributed by atoms with Gasteiger partial charge >= 0.3 is 0 Å². The Kier molecular flexibility index (Phi) is 4.06. The molecule has 2 aromatic rings. The summed E-state index contributed by atoms with van der Waals surface area (Å²) >= 11 is 5.09. The summed E-state index contributed by atoms with van der Waals surface area (Å²) in [7, 11) is 2.11. The van der Waals surface area contributed by atoms with E-state index in [1.807, 2.05) is 10.6 Å². The lowest BCUT2D eigenvalue weighted by Crippen LogP contribution is -2.22. The van der Waals surface area contributed by atoms with E-state index in [1.54, 1.807) is 6.33 Å². The van der Waals surface area contributed by atoms with Crippen molar-refractivity contribution in [3.63, 3.8) is 0 Å². The number of nitrogens with one attached hydrogen (secondary N) is 1. The molecule has 0 spiro atoms. The summed E-state index contributed by atoms with van der Waals surface area (Å²) in [5.74, 6) is 0. The molecule has 1 aromatic heterocycles. The Hall–Kier alpha value is -1.46. The lowest BCUT2D eigenvalue weighted by atomic mass is 10.2. The number of rotatable bonds is 5. The van der Waals surface area contributed by atoms with Crippen LogP contribution in [0.3, 0.4) is 0 Å². The molecule has 17 heavy (non-hydrogen) atoms. The van der Waals surface area contributed by atoms with Crippen LogP contribution in [0.2, 0.25) is 0 Å². The first-order chi connectivity index (χ1) is 8.25. The Bertz CT molecular complexity index is 502. The zero-order valence-corrected chi connectivity index (χ0v) is 10.7. The largest absolute Gasteiger partial charge is 0.305 e. The molecule has 90 valence electrons. The van der Waals surface area contributed by atoms with Crippen LogP contribution in [0.5, 0.6) is 0 Å². The van der Waals surface area contributed by atoms with Crippen molar-refractivity contribution in [3.8, 4) is 0 Å². The number of H-pyrrole nitrogens is 1. The highest BCUT2D eigenvalue weighted by Gasteiger charge is 2.01. The topological polar surface area (TPSA) is 36.9 Å². The van der Waals surface area contributed by atoms with Gasteiger partial charge < -0.3 is 9.47 Å². The van der Waals surface area contributed by atoms with E-state index in [1.165, 1.54) is 5.56 Å². The molecule has 0 aliphatic rings. The van der Waals surface area contributed by atoms with Crippen molar-refractivity contribution < 1.29 is 0 Å². The molecule has 0 saturated carbocycles. The molecule has 0 aliphatic carbocycles. The minimum atomic E-state index is 0.679. The predicted molar refractivity (Wildman–Crippen MR) is 70.2 cm³/mol. The summed E-state index contributed by atoms with van der Waals surface area (Å²) in [4.78, 5) is 2.27. The Labute approximate surface area is 106 Å². The first-order valence-corrected chi connectivity index (χ1v) is 5.99. The third kappa shape index (κ3) is 3.51. The molecule has 0 unspecified atom stereocenters. The van der Waals surface area contributed by atoms with Crippen LogP contribution in [-0.4, -0.2) is 33.3 Å². The third-order valence-electron chi connectivity index (χ3n) is 2.64. The molecule has 1 N–H and O–H groups in total. The maximum absolute atomic E-state index is 5.09. The SMILES string of the molecule is CN(CCn1cn[nH]c1=S)Cc1ccccc1. The van der Waals surface area contributed by atoms with Gasteiger partial charge in [-0.05, 0) is 24.8 Å². The van der Waals surface area contributed by atoms with Crippen molar-refractivity contribution in [3.05, 3.63) is 47.0 Å². The van der Waals surface area contributed by atoms with Crippen LogP contribution in [0.25, 0.3) is 0 Å². The van der Waals surface area contributed by atoms with E-state index < -0.39 is 0 Å². The summed E-state index contributed by atoms with van der Waals surface area (Å²) in [6, 6.07) is 10.4. The maximum atomic E-state index is 5.09. The molecule has 0 radical (unpaired) electrons. The van der Waals surface area contributed by atoms with E-state index in [0.717, 1.165) is 19.6 Å². The molecule has 0 amide bonds. The average Bonchev–Trinajstić information content (AvgIpc) is 2.74. The van der Waals surface area contributed by atoms with Crippen molar-refractivity contribution in [1.29, 1.82) is 0 Å². The normalized spacial score (nSPS) is 10.9. The monoisotopic (exact) mass is 248 g/mol. The van der Waals surface area contributed by atoms with Crippen LogP contribution in [-0.2, 0) is 13.1 Å². The quantitative estimate of drug-likeness (QED) is 0.823. The highest BCUT2D eigenvalue weighted by molar-refractivity contribution is 7.71. The van der Waals surface area contributed by atoms with Crippen LogP contribution in [0.15, 0.2) is 36.7 Å². The molecule has 0 atom stereocenters. The molecule has 0 bridgehead atoms. The van der Waals surface area contributed by atoms with E-state index in [0.29, 0.717) is 4.77 Å². The number of hydrogen-bond acceptors (Lipinski definition) is 3. The van der Waals surface area contributed by atoms with Gasteiger partial charge in [0.05, 0.1) is 0 Å². The van der Waals surface area contributed by atoms with Crippen LogP contribution in [0.4, 0.5) is 0 Å². The molecule has 2 rings (SSSR count). The second kappa shape index (κ2) is 5.75. The van der Waals surface area contributed by atoms with Crippen LogP contribution in [0, 0.1) is 4.77 Å². The van der Waals surface area contributed by atoms with Crippen LogP contribution >= 0.6 is 12.2 Å². The zero-order chi connectivity index (χ0) is 12.1. The summed E-state index contributed by atoms with van der Waals surface area (Å²) in [5, 5.41) is 6.65. The van der Waals surface area contributed by atoms with Crippen molar-refractivity contribution in [2.45, 2.75) is 13.1 Å². The van der Waals surface area contributed by atoms with Gasteiger partial charge in [0.25, 0.3) is 0 Å². The lowest BCUT2D eigenvalue weighted by molar-refractivity contribution is 0.310. The Balaban J connectivity index is 1.84. The van der Waals surface area contributed by atoms with Gasteiger partial charge in [-0.1, -0.05) is 30.3 Å². The molecule has 0 aliphatic heterocycles. The fourth-order valence-electron chi connectivity index (χ4n) is 1.68. The minimum Gasteiger partial charge on any atom is -0.305 e. The minimum absolute atomic E-state index is 0.679. The highest BCUT2D eigenvalue weighted by Crippen LogP contribution is 2.02. The van der Waals surface area contributed by atoms with Gasteiger partial charge in [0.2, 0.25) is 0 Å². The summed E-state index contributed by atoms with van der Waals surface area (Å²) in [5.41, 5.74) is 1.32. The van der Waals surface area contributed by atoms with E-state index in [2.05, 4.69) is 46.4 Å². The average molecular weight is 248 g/mol. The van der Waals surface area contributed by atoms with E-state index in [4.69, 9.17) is 12.2 Å².